The lowest BCUT2D eigenvalue weighted by atomic mass is 10.0. The molecule has 5 heteroatoms. The van der Waals surface area contributed by atoms with Crippen molar-refractivity contribution in [2.45, 2.75) is 26.3 Å². The maximum Gasteiger partial charge on any atom is 0.227 e. The summed E-state index contributed by atoms with van der Waals surface area (Å²) in [6.45, 7) is 3.89. The van der Waals surface area contributed by atoms with Crippen LogP contribution < -0.4 is 4.74 Å². The third-order valence-corrected chi connectivity index (χ3v) is 4.68. The highest BCUT2D eigenvalue weighted by Gasteiger charge is 2.22. The molecule has 3 heterocycles. The van der Waals surface area contributed by atoms with Crippen LogP contribution in [-0.2, 0) is 24.2 Å². The van der Waals surface area contributed by atoms with Crippen molar-refractivity contribution in [3.63, 3.8) is 0 Å². The largest absolute Gasteiger partial charge is 0.478 e. The lowest BCUT2D eigenvalue weighted by Gasteiger charge is -2.28. The van der Waals surface area contributed by atoms with Crippen molar-refractivity contribution in [2.75, 3.05) is 13.2 Å². The molecule has 0 fully saturated rings. The number of benzene rings is 1. The molecule has 1 aromatic carbocycles. The molecule has 0 unspecified atom stereocenters. The van der Waals surface area contributed by atoms with Gasteiger partial charge < -0.3 is 14.6 Å². The van der Waals surface area contributed by atoms with Gasteiger partial charge in [-0.1, -0.05) is 24.3 Å². The molecule has 0 radical (unpaired) electrons. The predicted octanol–water partition coefficient (Wildman–Crippen LogP) is 3.09. The summed E-state index contributed by atoms with van der Waals surface area (Å²) in [6, 6.07) is 12.0. The van der Waals surface area contributed by atoms with E-state index >= 15 is 0 Å². The normalized spacial score (nSPS) is 13.7. The van der Waals surface area contributed by atoms with Crippen molar-refractivity contribution < 1.29 is 9.53 Å². The van der Waals surface area contributed by atoms with Crippen molar-refractivity contribution >= 4 is 16.8 Å². The molecule has 4 rings (SSSR count). The molecule has 0 saturated heterocycles. The van der Waals surface area contributed by atoms with E-state index in [0.717, 1.165) is 34.1 Å². The topological polar surface area (TPSA) is 58.2 Å². The molecule has 1 aliphatic heterocycles. The number of aromatic nitrogens is 2. The zero-order chi connectivity index (χ0) is 17.2. The number of nitrogens with one attached hydrogen (secondary N) is 1. The maximum atomic E-state index is 12.8. The van der Waals surface area contributed by atoms with Crippen molar-refractivity contribution in [3.8, 4) is 5.88 Å². The van der Waals surface area contributed by atoms with Gasteiger partial charge in [-0.15, -0.1) is 0 Å². The first-order valence-electron chi connectivity index (χ1n) is 8.69. The van der Waals surface area contributed by atoms with Crippen molar-refractivity contribution in [3.05, 3.63) is 59.4 Å². The number of H-pyrrole nitrogens is 1. The Morgan fingerprint density at radius 2 is 2.16 bits per heavy atom. The summed E-state index contributed by atoms with van der Waals surface area (Å²) in [6.07, 6.45) is 3.13. The van der Waals surface area contributed by atoms with Gasteiger partial charge in [-0.2, -0.15) is 0 Å². The second-order valence-corrected chi connectivity index (χ2v) is 6.29. The van der Waals surface area contributed by atoms with Gasteiger partial charge in [0.1, 0.15) is 0 Å². The van der Waals surface area contributed by atoms with Crippen molar-refractivity contribution in [1.82, 2.24) is 14.9 Å². The number of carbonyl (C=O) groups excluding carboxylic acids is 1. The maximum absolute atomic E-state index is 12.8. The predicted molar refractivity (Wildman–Crippen MR) is 96.5 cm³/mol. The Hall–Kier alpha value is -2.82. The van der Waals surface area contributed by atoms with Gasteiger partial charge in [0, 0.05) is 42.7 Å². The molecule has 0 spiro atoms. The van der Waals surface area contributed by atoms with Crippen molar-refractivity contribution in [1.29, 1.82) is 0 Å². The Kier molecular flexibility index (Phi) is 4.14. The summed E-state index contributed by atoms with van der Waals surface area (Å²) >= 11 is 0. The average molecular weight is 335 g/mol. The molecule has 1 amide bonds. The SMILES string of the molecule is CCOc1ccc2c(n1)CCN(C(=O)Cc1c[nH]c3ccccc13)C2. The van der Waals surface area contributed by atoms with E-state index in [1.807, 2.05) is 48.4 Å². The Labute approximate surface area is 146 Å². The first kappa shape index (κ1) is 15.7. The van der Waals surface area contributed by atoms with Crippen LogP contribution in [-0.4, -0.2) is 33.9 Å². The molecule has 25 heavy (non-hydrogen) atoms. The fourth-order valence-electron chi connectivity index (χ4n) is 3.39. The van der Waals surface area contributed by atoms with Gasteiger partial charge in [-0.05, 0) is 24.1 Å². The van der Waals surface area contributed by atoms with Gasteiger partial charge in [0.15, 0.2) is 0 Å². The minimum atomic E-state index is 0.157. The highest BCUT2D eigenvalue weighted by atomic mass is 16.5. The molecule has 0 aliphatic carbocycles. The molecule has 0 saturated carbocycles. The van der Waals surface area contributed by atoms with Crippen LogP contribution in [0.5, 0.6) is 5.88 Å². The van der Waals surface area contributed by atoms with Crippen LogP contribution in [0, 0.1) is 0 Å². The van der Waals surface area contributed by atoms with Crippen LogP contribution in [0.3, 0.4) is 0 Å². The lowest BCUT2D eigenvalue weighted by molar-refractivity contribution is -0.131. The van der Waals surface area contributed by atoms with Gasteiger partial charge in [0.2, 0.25) is 11.8 Å². The van der Waals surface area contributed by atoms with Gasteiger partial charge in [0.25, 0.3) is 0 Å². The summed E-state index contributed by atoms with van der Waals surface area (Å²) in [4.78, 5) is 22.5. The van der Waals surface area contributed by atoms with E-state index in [9.17, 15) is 4.79 Å². The van der Waals surface area contributed by atoms with E-state index in [-0.39, 0.29) is 5.91 Å². The van der Waals surface area contributed by atoms with Crippen LogP contribution in [0.15, 0.2) is 42.6 Å². The van der Waals surface area contributed by atoms with E-state index in [2.05, 4.69) is 16.0 Å². The van der Waals surface area contributed by atoms with Gasteiger partial charge in [-0.3, -0.25) is 4.79 Å². The number of amides is 1. The zero-order valence-electron chi connectivity index (χ0n) is 14.3. The number of ether oxygens (including phenoxy) is 1. The molecular formula is C20H21N3O2. The number of para-hydroxylation sites is 1. The van der Waals surface area contributed by atoms with Crippen LogP contribution >= 0.6 is 0 Å². The number of hydrogen-bond donors (Lipinski definition) is 1. The van der Waals surface area contributed by atoms with E-state index in [1.54, 1.807) is 0 Å². The number of rotatable bonds is 4. The fourth-order valence-corrected chi connectivity index (χ4v) is 3.39. The van der Waals surface area contributed by atoms with Gasteiger partial charge in [-0.25, -0.2) is 4.98 Å². The second-order valence-electron chi connectivity index (χ2n) is 6.29. The third-order valence-electron chi connectivity index (χ3n) is 4.68. The number of hydrogen-bond acceptors (Lipinski definition) is 3. The number of nitrogens with zero attached hydrogens (tertiary/aromatic N) is 2. The molecule has 3 aromatic rings. The van der Waals surface area contributed by atoms with Crippen LogP contribution in [0.2, 0.25) is 0 Å². The van der Waals surface area contributed by atoms with Crippen LogP contribution in [0.1, 0.15) is 23.7 Å². The van der Waals surface area contributed by atoms with Gasteiger partial charge >= 0.3 is 0 Å². The molecule has 1 aliphatic rings. The Balaban J connectivity index is 1.48. The second kappa shape index (κ2) is 6.59. The number of fused-ring (bicyclic) bond motifs is 2. The van der Waals surface area contributed by atoms with E-state index in [4.69, 9.17) is 4.74 Å². The molecule has 1 N–H and O–H groups in total. The number of carbonyl (C=O) groups is 1. The van der Waals surface area contributed by atoms with Gasteiger partial charge in [0.05, 0.1) is 18.7 Å². The molecular weight excluding hydrogens is 314 g/mol. The van der Waals surface area contributed by atoms with E-state index in [1.165, 1.54) is 0 Å². The Bertz CT molecular complexity index is 916. The van der Waals surface area contributed by atoms with Crippen molar-refractivity contribution in [2.24, 2.45) is 0 Å². The molecule has 2 aromatic heterocycles. The molecule has 0 bridgehead atoms. The first-order valence-corrected chi connectivity index (χ1v) is 8.69. The minimum Gasteiger partial charge on any atom is -0.478 e. The summed E-state index contributed by atoms with van der Waals surface area (Å²) in [5.74, 6) is 0.823. The highest BCUT2D eigenvalue weighted by Crippen LogP contribution is 2.23. The lowest BCUT2D eigenvalue weighted by Crippen LogP contribution is -2.37. The standard InChI is InChI=1S/C20H21N3O2/c1-2-25-19-8-7-14-13-23(10-9-17(14)22-19)20(24)11-15-12-21-18-6-4-3-5-16(15)18/h3-8,12,21H,2,9-11,13H2,1H3. The fraction of sp³-hybridized carbons (Fsp3) is 0.300. The summed E-state index contributed by atoms with van der Waals surface area (Å²) in [7, 11) is 0. The average Bonchev–Trinajstić information content (AvgIpc) is 3.04. The Morgan fingerprint density at radius 3 is 3.04 bits per heavy atom. The molecule has 5 nitrogen and oxygen atoms in total. The molecule has 128 valence electrons. The van der Waals surface area contributed by atoms with Crippen LogP contribution in [0.4, 0.5) is 0 Å². The summed E-state index contributed by atoms with van der Waals surface area (Å²) in [5, 5.41) is 1.12. The number of aromatic amines is 1. The quantitative estimate of drug-likeness (QED) is 0.797. The van der Waals surface area contributed by atoms with E-state index in [0.29, 0.717) is 32.0 Å². The Morgan fingerprint density at radius 1 is 1.28 bits per heavy atom. The first-order chi connectivity index (χ1) is 12.2. The number of pyridine rings is 1. The minimum absolute atomic E-state index is 0.157. The summed E-state index contributed by atoms with van der Waals surface area (Å²) in [5.41, 5.74) is 4.28. The third kappa shape index (κ3) is 3.09. The molecule has 0 atom stereocenters. The summed E-state index contributed by atoms with van der Waals surface area (Å²) < 4.78 is 5.46. The smallest absolute Gasteiger partial charge is 0.227 e. The highest BCUT2D eigenvalue weighted by molar-refractivity contribution is 5.89. The zero-order valence-corrected chi connectivity index (χ0v) is 14.3. The monoisotopic (exact) mass is 335 g/mol. The van der Waals surface area contributed by atoms with Crippen LogP contribution in [0.25, 0.3) is 10.9 Å². The van der Waals surface area contributed by atoms with E-state index < -0.39 is 0 Å².